The first-order valence-corrected chi connectivity index (χ1v) is 12.3. The van der Waals surface area contributed by atoms with Gasteiger partial charge in [-0.25, -0.2) is 9.78 Å². The zero-order valence-corrected chi connectivity index (χ0v) is 19.8. The number of hydrogen-bond acceptors (Lipinski definition) is 5. The van der Waals surface area contributed by atoms with Crippen LogP contribution >= 0.6 is 0 Å². The number of ether oxygens (including phenoxy) is 2. The molecule has 1 aromatic carbocycles. The summed E-state index contributed by atoms with van der Waals surface area (Å²) in [6.45, 7) is 3.62. The normalized spacial score (nSPS) is 19.2. The van der Waals surface area contributed by atoms with Crippen molar-refractivity contribution in [2.45, 2.75) is 63.3 Å². The summed E-state index contributed by atoms with van der Waals surface area (Å²) in [5.41, 5.74) is 1.22. The fraction of sp³-hybridized carbons (Fsp3) is 0.519. The number of aromatic carboxylic acids is 1. The molecule has 182 valence electrons. The third-order valence-electron chi connectivity index (χ3n) is 7.27. The maximum Gasteiger partial charge on any atom is 0.335 e. The summed E-state index contributed by atoms with van der Waals surface area (Å²) in [5.74, 6) is 0.170. The van der Waals surface area contributed by atoms with E-state index in [1.165, 1.54) is 32.1 Å². The van der Waals surface area contributed by atoms with Gasteiger partial charge in [-0.05, 0) is 61.8 Å². The monoisotopic (exact) mass is 466 g/mol. The van der Waals surface area contributed by atoms with Crippen molar-refractivity contribution in [3.8, 4) is 5.88 Å². The van der Waals surface area contributed by atoms with E-state index in [-0.39, 0.29) is 17.5 Å². The Balaban J connectivity index is 1.45. The fourth-order valence-electron chi connectivity index (χ4n) is 5.00. The number of carbonyl (C=O) groups excluding carboxylic acids is 1. The summed E-state index contributed by atoms with van der Waals surface area (Å²) in [6.07, 6.45) is 9.25. The number of aromatic nitrogens is 1. The summed E-state index contributed by atoms with van der Waals surface area (Å²) in [6, 6.07) is 10.2. The molecule has 2 fully saturated rings. The molecule has 1 atom stereocenters. The molecule has 1 saturated carbocycles. The van der Waals surface area contributed by atoms with Gasteiger partial charge in [-0.3, -0.25) is 4.79 Å². The second kappa shape index (κ2) is 11.0. The second-order valence-corrected chi connectivity index (χ2v) is 9.52. The highest BCUT2D eigenvalue weighted by atomic mass is 16.5. The number of carbonyl (C=O) groups is 2. The molecule has 34 heavy (non-hydrogen) atoms. The van der Waals surface area contributed by atoms with E-state index in [1.54, 1.807) is 30.5 Å². The molecule has 2 aromatic rings. The number of rotatable bonds is 8. The van der Waals surface area contributed by atoms with E-state index in [9.17, 15) is 9.59 Å². The zero-order valence-electron chi connectivity index (χ0n) is 19.8. The van der Waals surface area contributed by atoms with Crippen molar-refractivity contribution in [1.82, 2.24) is 10.3 Å². The van der Waals surface area contributed by atoms with E-state index >= 15 is 0 Å². The zero-order chi connectivity index (χ0) is 24.0. The Hall–Kier alpha value is -2.93. The van der Waals surface area contributed by atoms with Gasteiger partial charge in [0.15, 0.2) is 0 Å². The molecule has 0 unspecified atom stereocenters. The van der Waals surface area contributed by atoms with E-state index < -0.39 is 11.4 Å². The molecule has 0 radical (unpaired) electrons. The molecule has 0 spiro atoms. The van der Waals surface area contributed by atoms with Gasteiger partial charge in [0.2, 0.25) is 11.8 Å². The summed E-state index contributed by atoms with van der Waals surface area (Å²) in [4.78, 5) is 29.2. The van der Waals surface area contributed by atoms with Crippen LogP contribution in [0.4, 0.5) is 0 Å². The fourth-order valence-corrected chi connectivity index (χ4v) is 5.00. The topological polar surface area (TPSA) is 97.8 Å². The molecular formula is C27H34N2O5. The molecule has 4 rings (SSSR count). The number of carboxylic acids is 1. The standard InChI is InChI=1S/C27H34N2O5/c1-19(21-7-9-22(10-8-21)25(30)31)29-26(32)27(13-15-33-16-14-27)23-11-12-24(28-17-23)34-18-20-5-3-2-4-6-20/h7-12,17,19-20H,2-6,13-16,18H2,1H3,(H,29,32)(H,30,31)/t19-/m0/s1. The lowest BCUT2D eigenvalue weighted by molar-refractivity contribution is -0.131. The van der Waals surface area contributed by atoms with Crippen LogP contribution in [0.15, 0.2) is 42.6 Å². The minimum Gasteiger partial charge on any atom is -0.478 e. The Morgan fingerprint density at radius 2 is 1.82 bits per heavy atom. The maximum absolute atomic E-state index is 13.6. The van der Waals surface area contributed by atoms with Gasteiger partial charge < -0.3 is 19.9 Å². The molecule has 2 heterocycles. The summed E-state index contributed by atoms with van der Waals surface area (Å²) in [7, 11) is 0. The third-order valence-corrected chi connectivity index (χ3v) is 7.27. The molecule has 1 saturated heterocycles. The third kappa shape index (κ3) is 5.58. The Morgan fingerprint density at radius 1 is 1.12 bits per heavy atom. The van der Waals surface area contributed by atoms with Gasteiger partial charge >= 0.3 is 5.97 Å². The SMILES string of the molecule is C[C@H](NC(=O)C1(c2ccc(OCC3CCCCC3)nc2)CCOCC1)c1ccc(C(=O)O)cc1. The highest BCUT2D eigenvalue weighted by Crippen LogP contribution is 2.36. The van der Waals surface area contributed by atoms with E-state index in [0.29, 0.717) is 44.5 Å². The lowest BCUT2D eigenvalue weighted by Crippen LogP contribution is -2.48. The van der Waals surface area contributed by atoms with Crippen LogP contribution in [-0.4, -0.2) is 41.8 Å². The van der Waals surface area contributed by atoms with Crippen LogP contribution in [0.2, 0.25) is 0 Å². The minimum absolute atomic E-state index is 0.0664. The predicted molar refractivity (Wildman–Crippen MR) is 128 cm³/mol. The number of benzene rings is 1. The van der Waals surface area contributed by atoms with E-state index in [2.05, 4.69) is 10.3 Å². The largest absolute Gasteiger partial charge is 0.478 e. The van der Waals surface area contributed by atoms with Crippen molar-refractivity contribution in [3.05, 3.63) is 59.3 Å². The van der Waals surface area contributed by atoms with E-state index in [1.807, 2.05) is 19.1 Å². The molecule has 2 N–H and O–H groups in total. The van der Waals surface area contributed by atoms with Crippen LogP contribution in [0.3, 0.4) is 0 Å². The number of carboxylic acid groups (broad SMARTS) is 1. The number of nitrogens with zero attached hydrogens (tertiary/aromatic N) is 1. The van der Waals surface area contributed by atoms with E-state index in [4.69, 9.17) is 14.6 Å². The highest BCUT2D eigenvalue weighted by molar-refractivity contribution is 5.89. The van der Waals surface area contributed by atoms with Crippen LogP contribution in [0.1, 0.15) is 79.4 Å². The number of nitrogens with one attached hydrogen (secondary N) is 1. The van der Waals surface area contributed by atoms with Gasteiger partial charge in [0, 0.05) is 25.5 Å². The van der Waals surface area contributed by atoms with Gasteiger partial charge in [-0.2, -0.15) is 0 Å². The molecule has 0 bridgehead atoms. The number of hydrogen-bond donors (Lipinski definition) is 2. The molecule has 2 aliphatic rings. The lowest BCUT2D eigenvalue weighted by Gasteiger charge is -2.37. The van der Waals surface area contributed by atoms with Crippen LogP contribution in [0, 0.1) is 5.92 Å². The lowest BCUT2D eigenvalue weighted by atomic mass is 9.73. The predicted octanol–water partition coefficient (Wildman–Crippen LogP) is 4.66. The van der Waals surface area contributed by atoms with Crippen LogP contribution in [-0.2, 0) is 14.9 Å². The number of amides is 1. The van der Waals surface area contributed by atoms with Crippen molar-refractivity contribution in [3.63, 3.8) is 0 Å². The van der Waals surface area contributed by atoms with Gasteiger partial charge in [0.05, 0.1) is 23.6 Å². The molecule has 1 aliphatic carbocycles. The van der Waals surface area contributed by atoms with Crippen molar-refractivity contribution >= 4 is 11.9 Å². The van der Waals surface area contributed by atoms with Crippen molar-refractivity contribution in [1.29, 1.82) is 0 Å². The molecule has 1 aliphatic heterocycles. The molecule has 1 amide bonds. The number of pyridine rings is 1. The molecule has 1 aromatic heterocycles. The van der Waals surface area contributed by atoms with Crippen molar-refractivity contribution in [2.24, 2.45) is 5.92 Å². The van der Waals surface area contributed by atoms with Crippen LogP contribution in [0.5, 0.6) is 5.88 Å². The Bertz CT molecular complexity index is 962. The first kappa shape index (κ1) is 24.2. The summed E-state index contributed by atoms with van der Waals surface area (Å²) >= 11 is 0. The summed E-state index contributed by atoms with van der Waals surface area (Å²) < 4.78 is 11.5. The second-order valence-electron chi connectivity index (χ2n) is 9.52. The van der Waals surface area contributed by atoms with Crippen LogP contribution < -0.4 is 10.1 Å². The van der Waals surface area contributed by atoms with Crippen molar-refractivity contribution < 1.29 is 24.2 Å². The molecule has 7 heteroatoms. The summed E-state index contributed by atoms with van der Waals surface area (Å²) in [5, 5.41) is 12.2. The minimum atomic E-state index is -0.969. The highest BCUT2D eigenvalue weighted by Gasteiger charge is 2.42. The average molecular weight is 467 g/mol. The first-order chi connectivity index (χ1) is 16.5. The maximum atomic E-state index is 13.6. The van der Waals surface area contributed by atoms with Crippen LogP contribution in [0.25, 0.3) is 0 Å². The first-order valence-electron chi connectivity index (χ1n) is 12.3. The average Bonchev–Trinajstić information content (AvgIpc) is 2.88. The molecule has 7 nitrogen and oxygen atoms in total. The van der Waals surface area contributed by atoms with Gasteiger partial charge in [0.25, 0.3) is 0 Å². The van der Waals surface area contributed by atoms with Gasteiger partial charge in [-0.1, -0.05) is 37.5 Å². The quantitative estimate of drug-likeness (QED) is 0.587. The van der Waals surface area contributed by atoms with Crippen molar-refractivity contribution in [2.75, 3.05) is 19.8 Å². The Morgan fingerprint density at radius 3 is 2.44 bits per heavy atom. The van der Waals surface area contributed by atoms with Gasteiger partial charge in [-0.15, -0.1) is 0 Å². The van der Waals surface area contributed by atoms with E-state index in [0.717, 1.165) is 11.1 Å². The Labute approximate surface area is 200 Å². The van der Waals surface area contributed by atoms with Gasteiger partial charge in [0.1, 0.15) is 0 Å². The molecular weight excluding hydrogens is 432 g/mol. The smallest absolute Gasteiger partial charge is 0.335 e. The Kier molecular flexibility index (Phi) is 7.83.